The van der Waals surface area contributed by atoms with E-state index in [4.69, 9.17) is 12.2 Å². The van der Waals surface area contributed by atoms with Crippen molar-refractivity contribution in [2.75, 3.05) is 5.73 Å². The summed E-state index contributed by atoms with van der Waals surface area (Å²) in [6.07, 6.45) is 6.23. The largest absolute Gasteiger partial charge is 0.397 e. The number of hydrogen-bond donors (Lipinski definition) is 2. The van der Waals surface area contributed by atoms with Crippen LogP contribution in [0, 0.1) is 26.2 Å². The molecule has 19 heavy (non-hydrogen) atoms. The molecule has 0 fully saturated rings. The Morgan fingerprint density at radius 1 is 1.37 bits per heavy atom. The predicted octanol–water partition coefficient (Wildman–Crippen LogP) is 1.97. The van der Waals surface area contributed by atoms with Crippen LogP contribution in [0.25, 0.3) is 0 Å². The van der Waals surface area contributed by atoms with E-state index in [0.29, 0.717) is 24.1 Å². The van der Waals surface area contributed by atoms with E-state index in [-0.39, 0.29) is 10.9 Å². The molecular weight excluding hydrogens is 260 g/mol. The Morgan fingerprint density at radius 2 is 1.95 bits per heavy atom. The maximum Gasteiger partial charge on any atom is 0.243 e. The molecule has 0 aliphatic heterocycles. The smallest absolute Gasteiger partial charge is 0.243 e. The summed E-state index contributed by atoms with van der Waals surface area (Å²) in [5.41, 5.74) is 7.57. The van der Waals surface area contributed by atoms with Crippen molar-refractivity contribution in [2.24, 2.45) is 0 Å². The molecule has 0 spiro atoms. The lowest BCUT2D eigenvalue weighted by molar-refractivity contribution is 0.544. The van der Waals surface area contributed by atoms with Crippen LogP contribution in [-0.4, -0.2) is 14.5 Å². The number of nitrogens with one attached hydrogen (secondary N) is 1. The Labute approximate surface area is 115 Å². The Hall–Kier alpha value is -1.51. The van der Waals surface area contributed by atoms with Gasteiger partial charge in [-0.2, -0.15) is 0 Å². The van der Waals surface area contributed by atoms with Crippen molar-refractivity contribution in [3.8, 4) is 12.3 Å². The van der Waals surface area contributed by atoms with E-state index < -0.39 is 10.0 Å². The normalized spacial score (nSPS) is 12.9. The van der Waals surface area contributed by atoms with Gasteiger partial charge >= 0.3 is 0 Å². The number of anilines is 1. The van der Waals surface area contributed by atoms with Crippen molar-refractivity contribution in [1.29, 1.82) is 0 Å². The third-order valence-corrected chi connectivity index (χ3v) is 4.78. The van der Waals surface area contributed by atoms with E-state index in [1.807, 2.05) is 13.0 Å². The van der Waals surface area contributed by atoms with Crippen LogP contribution in [-0.2, 0) is 10.0 Å². The number of hydrogen-bond acceptors (Lipinski definition) is 3. The third-order valence-electron chi connectivity index (χ3n) is 3.06. The lowest BCUT2D eigenvalue weighted by atomic mass is 10.1. The van der Waals surface area contributed by atoms with Crippen molar-refractivity contribution in [2.45, 2.75) is 44.6 Å². The van der Waals surface area contributed by atoms with Crippen LogP contribution in [0.3, 0.4) is 0 Å². The van der Waals surface area contributed by atoms with Crippen LogP contribution < -0.4 is 10.5 Å². The van der Waals surface area contributed by atoms with E-state index in [9.17, 15) is 8.42 Å². The molecule has 0 aliphatic carbocycles. The molecule has 0 saturated heterocycles. The molecule has 1 unspecified atom stereocenters. The molecule has 1 atom stereocenters. The number of nitrogens with two attached hydrogens (primary N) is 1. The quantitative estimate of drug-likeness (QED) is 0.640. The van der Waals surface area contributed by atoms with E-state index in [0.717, 1.165) is 5.56 Å². The van der Waals surface area contributed by atoms with Crippen molar-refractivity contribution >= 4 is 15.7 Å². The molecule has 1 rings (SSSR count). The van der Waals surface area contributed by atoms with Gasteiger partial charge in [0.2, 0.25) is 10.0 Å². The molecular formula is C14H20N2O2S. The molecule has 0 amide bonds. The molecule has 5 heteroatoms. The van der Waals surface area contributed by atoms with Crippen LogP contribution in [0.1, 0.15) is 30.9 Å². The van der Waals surface area contributed by atoms with Gasteiger partial charge in [-0.15, -0.1) is 12.3 Å². The third kappa shape index (κ3) is 3.49. The standard InChI is InChI=1S/C14H20N2O2S/c1-5-7-12(6-2)16-19(17,18)14-11(4)9-8-10(3)13(14)15/h1,8-9,12,16H,6-7,15H2,2-4H3. The maximum absolute atomic E-state index is 12.4. The van der Waals surface area contributed by atoms with Crippen LogP contribution in [0.4, 0.5) is 5.69 Å². The van der Waals surface area contributed by atoms with Crippen LogP contribution in [0.5, 0.6) is 0 Å². The SMILES string of the molecule is C#CCC(CC)NS(=O)(=O)c1c(C)ccc(C)c1N. The zero-order valence-electron chi connectivity index (χ0n) is 11.5. The van der Waals surface area contributed by atoms with E-state index in [1.54, 1.807) is 19.9 Å². The summed E-state index contributed by atoms with van der Waals surface area (Å²) >= 11 is 0. The van der Waals surface area contributed by atoms with Crippen molar-refractivity contribution in [3.05, 3.63) is 23.3 Å². The fourth-order valence-corrected chi connectivity index (χ4v) is 3.60. The fraction of sp³-hybridized carbons (Fsp3) is 0.429. The van der Waals surface area contributed by atoms with Gasteiger partial charge in [0, 0.05) is 12.5 Å². The number of rotatable bonds is 5. The molecule has 0 bridgehead atoms. The molecule has 0 saturated carbocycles. The number of sulfonamides is 1. The average molecular weight is 280 g/mol. The van der Waals surface area contributed by atoms with Gasteiger partial charge in [-0.1, -0.05) is 19.1 Å². The Balaban J connectivity index is 3.22. The van der Waals surface area contributed by atoms with E-state index >= 15 is 0 Å². The van der Waals surface area contributed by atoms with Gasteiger partial charge in [0.1, 0.15) is 4.90 Å². The average Bonchev–Trinajstić information content (AvgIpc) is 2.33. The van der Waals surface area contributed by atoms with Gasteiger partial charge in [0.15, 0.2) is 0 Å². The Kier molecular flexibility index (Phi) is 4.98. The van der Waals surface area contributed by atoms with Crippen LogP contribution in [0.15, 0.2) is 17.0 Å². The monoisotopic (exact) mass is 280 g/mol. The highest BCUT2D eigenvalue weighted by Gasteiger charge is 2.23. The minimum absolute atomic E-state index is 0.156. The zero-order valence-corrected chi connectivity index (χ0v) is 12.3. The highest BCUT2D eigenvalue weighted by molar-refractivity contribution is 7.89. The summed E-state index contributed by atoms with van der Waals surface area (Å²) < 4.78 is 27.4. The summed E-state index contributed by atoms with van der Waals surface area (Å²) in [7, 11) is -3.65. The lowest BCUT2D eigenvalue weighted by Gasteiger charge is -2.18. The summed E-state index contributed by atoms with van der Waals surface area (Å²) in [6.45, 7) is 5.40. The number of nitrogen functional groups attached to an aromatic ring is 1. The molecule has 1 aromatic carbocycles. The van der Waals surface area contributed by atoms with Gasteiger partial charge in [-0.25, -0.2) is 13.1 Å². The second-order valence-corrected chi connectivity index (χ2v) is 6.23. The number of terminal acetylenes is 1. The maximum atomic E-state index is 12.4. The first kappa shape index (κ1) is 15.5. The number of benzene rings is 1. The Morgan fingerprint density at radius 3 is 2.47 bits per heavy atom. The molecule has 0 aliphatic rings. The molecule has 0 aromatic heterocycles. The zero-order chi connectivity index (χ0) is 14.6. The molecule has 3 N–H and O–H groups in total. The van der Waals surface area contributed by atoms with E-state index in [2.05, 4.69) is 10.6 Å². The minimum atomic E-state index is -3.65. The highest BCUT2D eigenvalue weighted by Crippen LogP contribution is 2.26. The van der Waals surface area contributed by atoms with Crippen molar-refractivity contribution in [3.63, 3.8) is 0 Å². The predicted molar refractivity (Wildman–Crippen MR) is 78.2 cm³/mol. The minimum Gasteiger partial charge on any atom is -0.397 e. The lowest BCUT2D eigenvalue weighted by Crippen LogP contribution is -2.35. The van der Waals surface area contributed by atoms with Crippen molar-refractivity contribution in [1.82, 2.24) is 4.72 Å². The first-order valence-corrected chi connectivity index (χ1v) is 7.63. The van der Waals surface area contributed by atoms with Crippen LogP contribution in [0.2, 0.25) is 0 Å². The van der Waals surface area contributed by atoms with Gasteiger partial charge in [0.25, 0.3) is 0 Å². The highest BCUT2D eigenvalue weighted by atomic mass is 32.2. The molecule has 0 radical (unpaired) electrons. The summed E-state index contributed by atoms with van der Waals surface area (Å²) in [5, 5.41) is 0. The van der Waals surface area contributed by atoms with Gasteiger partial charge in [0.05, 0.1) is 5.69 Å². The molecule has 0 heterocycles. The second-order valence-electron chi connectivity index (χ2n) is 4.58. The summed E-state index contributed by atoms with van der Waals surface area (Å²) in [5.74, 6) is 2.48. The van der Waals surface area contributed by atoms with Gasteiger partial charge < -0.3 is 5.73 Å². The molecule has 1 aromatic rings. The summed E-state index contributed by atoms with van der Waals surface area (Å²) in [4.78, 5) is 0.156. The van der Waals surface area contributed by atoms with Crippen molar-refractivity contribution < 1.29 is 8.42 Å². The second kappa shape index (κ2) is 6.09. The summed E-state index contributed by atoms with van der Waals surface area (Å²) in [6, 6.07) is 3.29. The molecule has 104 valence electrons. The molecule has 4 nitrogen and oxygen atoms in total. The van der Waals surface area contributed by atoms with E-state index in [1.165, 1.54) is 0 Å². The Bertz CT molecular complexity index is 601. The fourth-order valence-electron chi connectivity index (χ4n) is 1.85. The van der Waals surface area contributed by atoms with Gasteiger partial charge in [-0.3, -0.25) is 0 Å². The number of aryl methyl sites for hydroxylation is 2. The van der Waals surface area contributed by atoms with Gasteiger partial charge in [-0.05, 0) is 31.4 Å². The van der Waals surface area contributed by atoms with Crippen LogP contribution >= 0.6 is 0 Å². The topological polar surface area (TPSA) is 72.2 Å². The first-order valence-electron chi connectivity index (χ1n) is 6.15. The first-order chi connectivity index (χ1) is 8.83.